The maximum atomic E-state index is 13.6. The average Bonchev–Trinajstić information content (AvgIpc) is 2.96. The summed E-state index contributed by atoms with van der Waals surface area (Å²) in [4.78, 5) is 65.0. The predicted molar refractivity (Wildman–Crippen MR) is 176 cm³/mol. The summed E-state index contributed by atoms with van der Waals surface area (Å²) in [6, 6.07) is 5.52. The molecule has 0 saturated carbocycles. The average molecular weight is 632 g/mol. The summed E-state index contributed by atoms with van der Waals surface area (Å²) >= 11 is 0. The molecule has 0 aromatic heterocycles. The van der Waals surface area contributed by atoms with E-state index in [4.69, 9.17) is 10.5 Å². The topological polar surface area (TPSA) is 169 Å². The number of rotatable bonds is 19. The number of esters is 1. The summed E-state index contributed by atoms with van der Waals surface area (Å²) in [7, 11) is 1.26. The minimum Gasteiger partial charge on any atom is -0.467 e. The second-order valence-electron chi connectivity index (χ2n) is 13.2. The number of hydrogen-bond donors (Lipinski definition) is 5. The van der Waals surface area contributed by atoms with Gasteiger partial charge in [-0.2, -0.15) is 0 Å². The third kappa shape index (κ3) is 14.4. The number of ether oxygens (including phenoxy) is 1. The van der Waals surface area contributed by atoms with E-state index in [0.717, 1.165) is 5.56 Å². The highest BCUT2D eigenvalue weighted by Crippen LogP contribution is 2.14. The third-order valence-electron chi connectivity index (χ3n) is 7.75. The number of nitrogens with two attached hydrogens (primary N) is 1. The van der Waals surface area contributed by atoms with Crippen LogP contribution in [-0.4, -0.2) is 66.9 Å². The molecular formula is C34H57N5O6. The molecule has 0 saturated heterocycles. The van der Waals surface area contributed by atoms with Crippen LogP contribution >= 0.6 is 0 Å². The lowest BCUT2D eigenvalue weighted by atomic mass is 9.94. The van der Waals surface area contributed by atoms with Crippen LogP contribution in [0.4, 0.5) is 0 Å². The van der Waals surface area contributed by atoms with E-state index in [2.05, 4.69) is 21.3 Å². The SMILES string of the molecule is CC[C@H](C)[C@H](NC(=O)C[C@H](N)[C@H](Cc1ccccc1)NC(=O)[C@H](CC(C)C)NC(=O)CC(C)C)C(=O)NC(C(=O)OC)C(C)C. The summed E-state index contributed by atoms with van der Waals surface area (Å²) < 4.78 is 4.84. The van der Waals surface area contributed by atoms with Crippen LogP contribution in [0.1, 0.15) is 86.6 Å². The standard InChI is InChI=1S/C34H57N5O6/c1-10-23(8)31(33(43)39-30(22(6)7)34(44)45-9)38-29(41)19-25(35)26(18-24-14-12-11-13-15-24)37-32(42)27(16-20(2)3)36-28(40)17-21(4)5/h11-15,20-23,25-27,30-31H,10,16-19,35H2,1-9H3,(H,36,40)(H,37,42)(H,38,41)(H,39,43)/t23-,25-,26-,27-,30?,31-/m0/s1. The van der Waals surface area contributed by atoms with Crippen LogP contribution < -0.4 is 27.0 Å². The highest BCUT2D eigenvalue weighted by Gasteiger charge is 2.33. The Labute approximate surface area is 269 Å². The van der Waals surface area contributed by atoms with Gasteiger partial charge in [0.05, 0.1) is 7.11 Å². The molecule has 254 valence electrons. The number of amides is 4. The van der Waals surface area contributed by atoms with Gasteiger partial charge in [-0.25, -0.2) is 4.79 Å². The Morgan fingerprint density at radius 2 is 1.36 bits per heavy atom. The van der Waals surface area contributed by atoms with Crippen molar-refractivity contribution in [2.75, 3.05) is 7.11 Å². The molecule has 0 heterocycles. The predicted octanol–water partition coefficient (Wildman–Crippen LogP) is 2.85. The van der Waals surface area contributed by atoms with E-state index in [1.54, 1.807) is 13.8 Å². The van der Waals surface area contributed by atoms with Gasteiger partial charge in [-0.1, -0.05) is 92.1 Å². The van der Waals surface area contributed by atoms with Gasteiger partial charge in [0.2, 0.25) is 23.6 Å². The summed E-state index contributed by atoms with van der Waals surface area (Å²) in [5.74, 6) is -2.25. The summed E-state index contributed by atoms with van der Waals surface area (Å²) in [6.07, 6.45) is 1.54. The number of carbonyl (C=O) groups excluding carboxylic acids is 5. The molecule has 0 aliphatic rings. The number of hydrogen-bond acceptors (Lipinski definition) is 7. The highest BCUT2D eigenvalue weighted by molar-refractivity contribution is 5.91. The first-order valence-electron chi connectivity index (χ1n) is 16.2. The van der Waals surface area contributed by atoms with Gasteiger partial charge in [-0.15, -0.1) is 0 Å². The Hall–Kier alpha value is -3.47. The molecule has 0 bridgehead atoms. The fourth-order valence-corrected chi connectivity index (χ4v) is 4.95. The van der Waals surface area contributed by atoms with Crippen molar-refractivity contribution in [3.63, 3.8) is 0 Å². The van der Waals surface area contributed by atoms with Crippen molar-refractivity contribution in [1.82, 2.24) is 21.3 Å². The summed E-state index contributed by atoms with van der Waals surface area (Å²) in [5, 5.41) is 11.4. The molecule has 1 unspecified atom stereocenters. The molecule has 1 rings (SSSR count). The van der Waals surface area contributed by atoms with Gasteiger partial charge in [0.1, 0.15) is 18.1 Å². The minimum atomic E-state index is -0.908. The lowest BCUT2D eigenvalue weighted by Gasteiger charge is -2.30. The molecule has 45 heavy (non-hydrogen) atoms. The molecule has 0 aliphatic heterocycles. The van der Waals surface area contributed by atoms with E-state index in [1.165, 1.54) is 7.11 Å². The summed E-state index contributed by atoms with van der Waals surface area (Å²) in [6.45, 7) is 15.2. The van der Waals surface area contributed by atoms with Gasteiger partial charge < -0.3 is 31.7 Å². The molecule has 0 spiro atoms. The van der Waals surface area contributed by atoms with E-state index >= 15 is 0 Å². The molecule has 0 fully saturated rings. The van der Waals surface area contributed by atoms with Crippen LogP contribution in [0.3, 0.4) is 0 Å². The van der Waals surface area contributed by atoms with Crippen LogP contribution in [0.2, 0.25) is 0 Å². The minimum absolute atomic E-state index is 0.142. The second-order valence-corrected chi connectivity index (χ2v) is 13.2. The maximum absolute atomic E-state index is 13.6. The van der Waals surface area contributed by atoms with Crippen LogP contribution in [0.15, 0.2) is 30.3 Å². The van der Waals surface area contributed by atoms with Gasteiger partial charge in [0.25, 0.3) is 0 Å². The Bertz CT molecular complexity index is 1090. The van der Waals surface area contributed by atoms with Gasteiger partial charge in [-0.3, -0.25) is 19.2 Å². The van der Waals surface area contributed by atoms with Crippen LogP contribution in [-0.2, 0) is 35.1 Å². The molecule has 1 aromatic carbocycles. The number of benzene rings is 1. The molecule has 4 amide bonds. The van der Waals surface area contributed by atoms with Crippen LogP contribution in [0, 0.1) is 23.7 Å². The van der Waals surface area contributed by atoms with Gasteiger partial charge in [0, 0.05) is 24.9 Å². The van der Waals surface area contributed by atoms with Crippen molar-refractivity contribution in [2.24, 2.45) is 29.4 Å². The molecule has 6 N–H and O–H groups in total. The molecule has 1 aromatic rings. The van der Waals surface area contributed by atoms with Gasteiger partial charge in [-0.05, 0) is 42.1 Å². The highest BCUT2D eigenvalue weighted by atomic mass is 16.5. The smallest absolute Gasteiger partial charge is 0.328 e. The number of carbonyl (C=O) groups is 5. The Morgan fingerprint density at radius 1 is 0.756 bits per heavy atom. The monoisotopic (exact) mass is 631 g/mol. The molecule has 0 aliphatic carbocycles. The first-order valence-corrected chi connectivity index (χ1v) is 16.2. The van der Waals surface area contributed by atoms with Crippen molar-refractivity contribution >= 4 is 29.6 Å². The zero-order valence-corrected chi connectivity index (χ0v) is 28.6. The molecule has 11 heteroatoms. The zero-order valence-electron chi connectivity index (χ0n) is 28.6. The fraction of sp³-hybridized carbons (Fsp3) is 0.676. The molecular weight excluding hydrogens is 574 g/mol. The van der Waals surface area contributed by atoms with Crippen LogP contribution in [0.5, 0.6) is 0 Å². The van der Waals surface area contributed by atoms with Crippen LogP contribution in [0.25, 0.3) is 0 Å². The quantitative estimate of drug-likeness (QED) is 0.146. The van der Waals surface area contributed by atoms with Gasteiger partial charge >= 0.3 is 5.97 Å². The van der Waals surface area contributed by atoms with Crippen molar-refractivity contribution in [2.45, 2.75) is 118 Å². The lowest BCUT2D eigenvalue weighted by molar-refractivity contribution is -0.147. The number of methoxy groups -OCH3 is 1. The van der Waals surface area contributed by atoms with Gasteiger partial charge in [0.15, 0.2) is 0 Å². The van der Waals surface area contributed by atoms with Crippen molar-refractivity contribution < 1.29 is 28.7 Å². The zero-order chi connectivity index (χ0) is 34.3. The fourth-order valence-electron chi connectivity index (χ4n) is 4.95. The Kier molecular flexibility index (Phi) is 17.4. The largest absolute Gasteiger partial charge is 0.467 e. The van der Waals surface area contributed by atoms with Crippen molar-refractivity contribution in [3.8, 4) is 0 Å². The van der Waals surface area contributed by atoms with E-state index in [0.29, 0.717) is 25.7 Å². The normalized spacial score (nSPS) is 15.4. The molecule has 0 radical (unpaired) electrons. The first kappa shape index (κ1) is 39.6. The number of nitrogens with one attached hydrogen (secondary N) is 4. The first-order chi connectivity index (χ1) is 21.1. The Morgan fingerprint density at radius 3 is 1.87 bits per heavy atom. The Balaban J connectivity index is 3.16. The third-order valence-corrected chi connectivity index (χ3v) is 7.75. The summed E-state index contributed by atoms with van der Waals surface area (Å²) in [5.41, 5.74) is 7.52. The second kappa shape index (κ2) is 19.8. The van der Waals surface area contributed by atoms with E-state index < -0.39 is 48.0 Å². The van der Waals surface area contributed by atoms with Crippen molar-refractivity contribution in [1.29, 1.82) is 0 Å². The van der Waals surface area contributed by atoms with E-state index in [1.807, 2.05) is 71.9 Å². The maximum Gasteiger partial charge on any atom is 0.328 e. The van der Waals surface area contributed by atoms with E-state index in [-0.39, 0.29) is 41.9 Å². The van der Waals surface area contributed by atoms with Crippen molar-refractivity contribution in [3.05, 3.63) is 35.9 Å². The molecule has 6 atom stereocenters. The van der Waals surface area contributed by atoms with E-state index in [9.17, 15) is 24.0 Å². The lowest BCUT2D eigenvalue weighted by Crippen LogP contribution is -2.58. The molecule has 11 nitrogen and oxygen atoms in total.